The third kappa shape index (κ3) is 5.88. The first-order valence-corrected chi connectivity index (χ1v) is 10.1. The molecule has 2 fully saturated rings. The molecule has 2 rings (SSSR count). The van der Waals surface area contributed by atoms with Gasteiger partial charge in [-0.25, -0.2) is 0 Å². The normalized spacial score (nSPS) is 26.4. The first-order valence-electron chi connectivity index (χ1n) is 7.94. The Bertz CT molecular complexity index is 282. The Hall–Kier alpha value is 0.160. The Morgan fingerprint density at radius 1 is 1.20 bits per heavy atom. The number of fused-ring (bicyclic) bond motifs is 1. The molecule has 2 saturated heterocycles. The third-order valence-corrected chi connectivity index (χ3v) is 4.26. The lowest BCUT2D eigenvalue weighted by atomic mass is 9.84. The quantitative estimate of drug-likeness (QED) is 0.411. The molecule has 0 aromatic rings. The number of nitrogens with zero attached hydrogens (tertiary/aromatic N) is 1. The Balaban J connectivity index is 0.000000956. The SMILES string of the molecule is CC(C)CC(=O)OCC1CCCN2CCCCC12.CI. The monoisotopic (exact) mass is 395 g/mol. The van der Waals surface area contributed by atoms with Gasteiger partial charge >= 0.3 is 5.97 Å². The molecular weight excluding hydrogens is 365 g/mol. The second-order valence-electron chi connectivity index (χ2n) is 6.28. The van der Waals surface area contributed by atoms with Gasteiger partial charge in [0.25, 0.3) is 0 Å². The summed E-state index contributed by atoms with van der Waals surface area (Å²) in [7, 11) is 0. The first-order chi connectivity index (χ1) is 9.66. The highest BCUT2D eigenvalue weighted by atomic mass is 127. The molecule has 0 N–H and O–H groups in total. The highest BCUT2D eigenvalue weighted by Gasteiger charge is 2.33. The lowest BCUT2D eigenvalue weighted by molar-refractivity contribution is -0.147. The van der Waals surface area contributed by atoms with Crippen LogP contribution >= 0.6 is 22.6 Å². The van der Waals surface area contributed by atoms with Gasteiger partial charge in [0, 0.05) is 18.4 Å². The maximum atomic E-state index is 11.6. The molecule has 2 atom stereocenters. The molecule has 0 bridgehead atoms. The molecule has 0 aliphatic carbocycles. The predicted octanol–water partition coefficient (Wildman–Crippen LogP) is 3.89. The molecular formula is C16H30INO2. The van der Waals surface area contributed by atoms with Crippen LogP contribution in [0.1, 0.15) is 52.4 Å². The lowest BCUT2D eigenvalue weighted by Gasteiger charge is -2.44. The van der Waals surface area contributed by atoms with Crippen LogP contribution in [0.3, 0.4) is 0 Å². The molecule has 2 aliphatic rings. The minimum Gasteiger partial charge on any atom is -0.465 e. The van der Waals surface area contributed by atoms with E-state index in [1.54, 1.807) is 0 Å². The summed E-state index contributed by atoms with van der Waals surface area (Å²) >= 11 is 2.15. The molecule has 0 radical (unpaired) electrons. The van der Waals surface area contributed by atoms with Crippen LogP contribution in [0.25, 0.3) is 0 Å². The smallest absolute Gasteiger partial charge is 0.306 e. The number of hydrogen-bond acceptors (Lipinski definition) is 3. The molecule has 2 heterocycles. The minimum absolute atomic E-state index is 0.0158. The van der Waals surface area contributed by atoms with Gasteiger partial charge in [-0.2, -0.15) is 0 Å². The molecule has 3 nitrogen and oxygen atoms in total. The van der Waals surface area contributed by atoms with E-state index >= 15 is 0 Å². The number of piperidine rings is 2. The number of ether oxygens (including phenoxy) is 1. The van der Waals surface area contributed by atoms with Crippen molar-refractivity contribution in [1.82, 2.24) is 4.90 Å². The van der Waals surface area contributed by atoms with E-state index in [1.165, 1.54) is 45.2 Å². The van der Waals surface area contributed by atoms with E-state index < -0.39 is 0 Å². The van der Waals surface area contributed by atoms with E-state index in [0.717, 1.165) is 0 Å². The zero-order valence-corrected chi connectivity index (χ0v) is 15.4. The molecule has 20 heavy (non-hydrogen) atoms. The summed E-state index contributed by atoms with van der Waals surface area (Å²) in [6.07, 6.45) is 7.04. The highest BCUT2D eigenvalue weighted by molar-refractivity contribution is 14.1. The van der Waals surface area contributed by atoms with Crippen molar-refractivity contribution >= 4 is 28.6 Å². The summed E-state index contributed by atoms with van der Waals surface area (Å²) < 4.78 is 5.48. The number of alkyl halides is 1. The molecule has 0 aromatic heterocycles. The molecule has 0 amide bonds. The molecule has 118 valence electrons. The van der Waals surface area contributed by atoms with Gasteiger partial charge in [0.05, 0.1) is 6.61 Å². The summed E-state index contributed by atoms with van der Waals surface area (Å²) in [5.41, 5.74) is 0. The molecule has 2 aliphatic heterocycles. The van der Waals surface area contributed by atoms with Crippen molar-refractivity contribution < 1.29 is 9.53 Å². The fourth-order valence-corrected chi connectivity index (χ4v) is 3.36. The van der Waals surface area contributed by atoms with Gasteiger partial charge in [-0.05, 0) is 49.6 Å². The van der Waals surface area contributed by atoms with Crippen molar-refractivity contribution in [2.24, 2.45) is 11.8 Å². The lowest BCUT2D eigenvalue weighted by Crippen LogP contribution is -2.49. The van der Waals surface area contributed by atoms with E-state index in [4.69, 9.17) is 4.74 Å². The minimum atomic E-state index is -0.0158. The zero-order valence-electron chi connectivity index (χ0n) is 13.2. The van der Waals surface area contributed by atoms with Gasteiger partial charge in [0.1, 0.15) is 0 Å². The number of hydrogen-bond donors (Lipinski definition) is 0. The van der Waals surface area contributed by atoms with E-state index in [0.29, 0.717) is 30.9 Å². The second kappa shape index (κ2) is 9.98. The molecule has 0 saturated carbocycles. The number of carbonyl (C=O) groups is 1. The van der Waals surface area contributed by atoms with Crippen LogP contribution in [0.4, 0.5) is 0 Å². The van der Waals surface area contributed by atoms with Crippen LogP contribution in [-0.4, -0.2) is 41.5 Å². The van der Waals surface area contributed by atoms with Crippen molar-refractivity contribution in [3.05, 3.63) is 0 Å². The fourth-order valence-electron chi connectivity index (χ4n) is 3.36. The van der Waals surface area contributed by atoms with Crippen molar-refractivity contribution in [3.63, 3.8) is 0 Å². The van der Waals surface area contributed by atoms with Gasteiger partial charge in [-0.1, -0.05) is 42.9 Å². The molecule has 2 unspecified atom stereocenters. The van der Waals surface area contributed by atoms with Crippen LogP contribution in [0, 0.1) is 11.8 Å². The Kier molecular flexibility index (Phi) is 9.09. The van der Waals surface area contributed by atoms with Crippen molar-refractivity contribution in [1.29, 1.82) is 0 Å². The predicted molar refractivity (Wildman–Crippen MR) is 92.3 cm³/mol. The Morgan fingerprint density at radius 2 is 1.90 bits per heavy atom. The Labute approximate surface area is 138 Å². The molecule has 4 heteroatoms. The van der Waals surface area contributed by atoms with E-state index in [-0.39, 0.29) is 5.97 Å². The summed E-state index contributed by atoms with van der Waals surface area (Å²) in [6.45, 7) is 7.27. The van der Waals surface area contributed by atoms with Crippen molar-refractivity contribution in [3.8, 4) is 0 Å². The van der Waals surface area contributed by atoms with Crippen LogP contribution in [0.15, 0.2) is 0 Å². The van der Waals surface area contributed by atoms with Gasteiger partial charge < -0.3 is 4.74 Å². The largest absolute Gasteiger partial charge is 0.465 e. The maximum Gasteiger partial charge on any atom is 0.306 e. The average molecular weight is 395 g/mol. The van der Waals surface area contributed by atoms with Crippen molar-refractivity contribution in [2.75, 3.05) is 24.6 Å². The number of rotatable bonds is 4. The van der Waals surface area contributed by atoms with Gasteiger partial charge in [0.15, 0.2) is 0 Å². The zero-order chi connectivity index (χ0) is 15.0. The fraction of sp³-hybridized carbons (Fsp3) is 0.938. The average Bonchev–Trinajstić information content (AvgIpc) is 2.46. The van der Waals surface area contributed by atoms with Gasteiger partial charge in [-0.3, -0.25) is 9.69 Å². The van der Waals surface area contributed by atoms with Gasteiger partial charge in [0.2, 0.25) is 0 Å². The second-order valence-corrected chi connectivity index (χ2v) is 6.28. The van der Waals surface area contributed by atoms with Crippen molar-refractivity contribution in [2.45, 2.75) is 58.4 Å². The van der Waals surface area contributed by atoms with E-state index in [2.05, 4.69) is 41.3 Å². The number of carbonyl (C=O) groups excluding carboxylic acids is 1. The van der Waals surface area contributed by atoms with Crippen LogP contribution in [0.2, 0.25) is 0 Å². The Morgan fingerprint density at radius 3 is 2.60 bits per heavy atom. The van der Waals surface area contributed by atoms with Gasteiger partial charge in [-0.15, -0.1) is 0 Å². The van der Waals surface area contributed by atoms with Crippen LogP contribution < -0.4 is 0 Å². The van der Waals surface area contributed by atoms with E-state index in [9.17, 15) is 4.79 Å². The molecule has 0 aromatic carbocycles. The maximum absolute atomic E-state index is 11.6. The first kappa shape index (κ1) is 18.2. The summed E-state index contributed by atoms with van der Waals surface area (Å²) in [4.78, 5) is 16.2. The standard InChI is InChI=1S/C15H27NO2.CH3I/c1-12(2)10-15(17)18-11-13-6-5-9-16-8-4-3-7-14(13)16;1-2/h12-14H,3-11H2,1-2H3;1H3. The van der Waals surface area contributed by atoms with Crippen LogP contribution in [0.5, 0.6) is 0 Å². The number of esters is 1. The topological polar surface area (TPSA) is 29.5 Å². The summed E-state index contributed by atoms with van der Waals surface area (Å²) in [5.74, 6) is 0.961. The van der Waals surface area contributed by atoms with E-state index in [1.807, 2.05) is 4.93 Å². The summed E-state index contributed by atoms with van der Waals surface area (Å²) in [6, 6.07) is 0.680. The molecule has 0 spiro atoms. The highest BCUT2D eigenvalue weighted by Crippen LogP contribution is 2.31. The third-order valence-electron chi connectivity index (χ3n) is 4.26. The summed E-state index contributed by atoms with van der Waals surface area (Å²) in [5, 5.41) is 0. The van der Waals surface area contributed by atoms with Crippen LogP contribution in [-0.2, 0) is 9.53 Å². The number of halogens is 1.